The molecule has 2 aromatic carbocycles. The quantitative estimate of drug-likeness (QED) is 0.920. The maximum atomic E-state index is 12.8. The van der Waals surface area contributed by atoms with Gasteiger partial charge in [0.05, 0.1) is 0 Å². The van der Waals surface area contributed by atoms with E-state index in [2.05, 4.69) is 31.2 Å². The third-order valence-corrected chi connectivity index (χ3v) is 4.83. The first-order chi connectivity index (χ1) is 11.1. The smallest absolute Gasteiger partial charge is 0.244 e. The van der Waals surface area contributed by atoms with Crippen LogP contribution in [0, 0.1) is 6.92 Å². The lowest BCUT2D eigenvalue weighted by Gasteiger charge is -2.25. The summed E-state index contributed by atoms with van der Waals surface area (Å²) in [5, 5.41) is 0. The summed E-state index contributed by atoms with van der Waals surface area (Å²) in [6.07, 6.45) is 0.996. The fourth-order valence-corrected chi connectivity index (χ4v) is 3.40. The first-order valence-corrected chi connectivity index (χ1v) is 8.24. The van der Waals surface area contributed by atoms with Gasteiger partial charge >= 0.3 is 0 Å². The first-order valence-electron chi connectivity index (χ1n) is 8.24. The molecule has 4 heteroatoms. The van der Waals surface area contributed by atoms with Crippen LogP contribution in [0.2, 0.25) is 0 Å². The van der Waals surface area contributed by atoms with Crippen LogP contribution in [-0.4, -0.2) is 23.4 Å². The van der Waals surface area contributed by atoms with Crippen LogP contribution in [0.3, 0.4) is 0 Å². The molecule has 1 aliphatic heterocycles. The van der Waals surface area contributed by atoms with Crippen molar-refractivity contribution in [3.05, 3.63) is 71.3 Å². The molecular formula is C20H25ClN2O. The van der Waals surface area contributed by atoms with Crippen LogP contribution in [0.5, 0.6) is 0 Å². The zero-order chi connectivity index (χ0) is 16.4. The van der Waals surface area contributed by atoms with Crippen molar-refractivity contribution in [2.24, 2.45) is 5.73 Å². The van der Waals surface area contributed by atoms with E-state index in [9.17, 15) is 4.79 Å². The summed E-state index contributed by atoms with van der Waals surface area (Å²) in [5.74, 6) is 0.431. The highest BCUT2D eigenvalue weighted by Crippen LogP contribution is 2.32. The van der Waals surface area contributed by atoms with Crippen LogP contribution in [0.25, 0.3) is 0 Å². The van der Waals surface area contributed by atoms with E-state index in [1.807, 2.05) is 42.2 Å². The molecule has 0 saturated carbocycles. The van der Waals surface area contributed by atoms with Crippen molar-refractivity contribution in [3.63, 3.8) is 0 Å². The molecule has 1 aliphatic rings. The minimum atomic E-state index is -0.576. The number of carbonyl (C=O) groups excluding carboxylic acids is 1. The van der Waals surface area contributed by atoms with E-state index in [4.69, 9.17) is 5.73 Å². The minimum absolute atomic E-state index is 0. The molecular weight excluding hydrogens is 320 g/mol. The predicted molar refractivity (Wildman–Crippen MR) is 100 cm³/mol. The van der Waals surface area contributed by atoms with Gasteiger partial charge in [-0.3, -0.25) is 4.79 Å². The normalized spacial score (nSPS) is 21.2. The number of hydrogen-bond donors (Lipinski definition) is 1. The van der Waals surface area contributed by atoms with E-state index < -0.39 is 6.04 Å². The maximum absolute atomic E-state index is 12.8. The van der Waals surface area contributed by atoms with Crippen molar-refractivity contribution in [2.45, 2.75) is 38.3 Å². The van der Waals surface area contributed by atoms with Gasteiger partial charge in [0.2, 0.25) is 5.91 Å². The largest absolute Gasteiger partial charge is 0.338 e. The van der Waals surface area contributed by atoms with Crippen molar-refractivity contribution in [1.82, 2.24) is 4.90 Å². The lowest BCUT2D eigenvalue weighted by molar-refractivity contribution is -0.133. The summed E-state index contributed by atoms with van der Waals surface area (Å²) in [5.41, 5.74) is 9.59. The number of halogens is 1. The molecule has 0 aliphatic carbocycles. The number of aryl methyl sites for hydroxylation is 1. The number of likely N-dealkylation sites (tertiary alicyclic amines) is 1. The molecule has 2 N–H and O–H groups in total. The minimum Gasteiger partial charge on any atom is -0.338 e. The predicted octanol–water partition coefficient (Wildman–Crippen LogP) is 3.82. The molecule has 24 heavy (non-hydrogen) atoms. The zero-order valence-electron chi connectivity index (χ0n) is 14.2. The Morgan fingerprint density at radius 1 is 1.12 bits per heavy atom. The lowest BCUT2D eigenvalue weighted by Crippen LogP contribution is -2.40. The molecule has 0 spiro atoms. The molecule has 2 aromatic rings. The first kappa shape index (κ1) is 18.5. The molecule has 1 heterocycles. The van der Waals surface area contributed by atoms with Crippen molar-refractivity contribution in [3.8, 4) is 0 Å². The number of benzene rings is 2. The van der Waals surface area contributed by atoms with E-state index in [1.54, 1.807) is 0 Å². The molecule has 3 nitrogen and oxygen atoms in total. The fourth-order valence-electron chi connectivity index (χ4n) is 3.40. The molecule has 0 aromatic heterocycles. The number of hydrogen-bond acceptors (Lipinski definition) is 2. The molecule has 1 saturated heterocycles. The van der Waals surface area contributed by atoms with Gasteiger partial charge in [0.25, 0.3) is 0 Å². The third-order valence-electron chi connectivity index (χ3n) is 4.83. The van der Waals surface area contributed by atoms with Crippen LogP contribution >= 0.6 is 12.4 Å². The fraction of sp³-hybridized carbons (Fsp3) is 0.350. The molecule has 128 valence electrons. The highest BCUT2D eigenvalue weighted by atomic mass is 35.5. The van der Waals surface area contributed by atoms with Gasteiger partial charge in [-0.1, -0.05) is 60.2 Å². The summed E-state index contributed by atoms with van der Waals surface area (Å²) in [6, 6.07) is 18.0. The summed E-state index contributed by atoms with van der Waals surface area (Å²) < 4.78 is 0. The Morgan fingerprint density at radius 2 is 1.75 bits per heavy atom. The SMILES string of the molecule is Cc1ccc(C(N)C(=O)N2CC(c3ccccc3)CC2C)cc1.Cl. The molecule has 1 fully saturated rings. The molecule has 0 bridgehead atoms. The monoisotopic (exact) mass is 344 g/mol. The second-order valence-electron chi connectivity index (χ2n) is 6.57. The van der Waals surface area contributed by atoms with Gasteiger partial charge in [0.15, 0.2) is 0 Å². The average molecular weight is 345 g/mol. The topological polar surface area (TPSA) is 46.3 Å². The van der Waals surface area contributed by atoms with Gasteiger partial charge in [-0.25, -0.2) is 0 Å². The van der Waals surface area contributed by atoms with Gasteiger partial charge in [0, 0.05) is 18.5 Å². The average Bonchev–Trinajstić information content (AvgIpc) is 2.97. The molecule has 3 rings (SSSR count). The van der Waals surface area contributed by atoms with Crippen LogP contribution < -0.4 is 5.73 Å². The van der Waals surface area contributed by atoms with Gasteiger partial charge < -0.3 is 10.6 Å². The van der Waals surface area contributed by atoms with E-state index in [-0.39, 0.29) is 24.4 Å². The summed E-state index contributed by atoms with van der Waals surface area (Å²) in [4.78, 5) is 14.8. The van der Waals surface area contributed by atoms with Crippen molar-refractivity contribution >= 4 is 18.3 Å². The second-order valence-corrected chi connectivity index (χ2v) is 6.57. The van der Waals surface area contributed by atoms with E-state index in [0.29, 0.717) is 5.92 Å². The van der Waals surface area contributed by atoms with E-state index in [0.717, 1.165) is 18.5 Å². The van der Waals surface area contributed by atoms with Crippen molar-refractivity contribution in [2.75, 3.05) is 6.54 Å². The standard InChI is InChI=1S/C20H24N2O.ClH/c1-14-8-10-17(11-9-14)19(21)20(23)22-13-18(12-15(22)2)16-6-4-3-5-7-16;/h3-11,15,18-19H,12-13,21H2,1-2H3;1H. The summed E-state index contributed by atoms with van der Waals surface area (Å²) in [6.45, 7) is 4.90. The molecule has 0 radical (unpaired) electrons. The third kappa shape index (κ3) is 3.80. The molecule has 3 unspecified atom stereocenters. The molecule has 3 atom stereocenters. The number of carbonyl (C=O) groups is 1. The van der Waals surface area contributed by atoms with Crippen LogP contribution in [0.4, 0.5) is 0 Å². The summed E-state index contributed by atoms with van der Waals surface area (Å²) >= 11 is 0. The Hall–Kier alpha value is -1.84. The maximum Gasteiger partial charge on any atom is 0.244 e. The lowest BCUT2D eigenvalue weighted by atomic mass is 9.97. The highest BCUT2D eigenvalue weighted by molar-refractivity contribution is 5.85. The highest BCUT2D eigenvalue weighted by Gasteiger charge is 2.35. The Bertz CT molecular complexity index is 672. The number of nitrogens with zero attached hydrogens (tertiary/aromatic N) is 1. The van der Waals surface area contributed by atoms with Crippen molar-refractivity contribution < 1.29 is 4.79 Å². The Labute approximate surface area is 150 Å². The summed E-state index contributed by atoms with van der Waals surface area (Å²) in [7, 11) is 0. The zero-order valence-corrected chi connectivity index (χ0v) is 15.0. The van der Waals surface area contributed by atoms with Gasteiger partial charge in [-0.15, -0.1) is 12.4 Å². The second kappa shape index (κ2) is 7.82. The van der Waals surface area contributed by atoms with E-state index >= 15 is 0 Å². The molecule has 1 amide bonds. The van der Waals surface area contributed by atoms with Crippen LogP contribution in [0.15, 0.2) is 54.6 Å². The van der Waals surface area contributed by atoms with Gasteiger partial charge in [-0.2, -0.15) is 0 Å². The van der Waals surface area contributed by atoms with E-state index in [1.165, 1.54) is 11.1 Å². The van der Waals surface area contributed by atoms with Gasteiger partial charge in [-0.05, 0) is 31.4 Å². The van der Waals surface area contributed by atoms with Crippen LogP contribution in [-0.2, 0) is 4.79 Å². The van der Waals surface area contributed by atoms with Gasteiger partial charge in [0.1, 0.15) is 6.04 Å². The Morgan fingerprint density at radius 3 is 2.38 bits per heavy atom. The Balaban J connectivity index is 0.00000208. The van der Waals surface area contributed by atoms with Crippen LogP contribution in [0.1, 0.15) is 42.0 Å². The Kier molecular flexibility index (Phi) is 6.03. The number of rotatable bonds is 3. The number of amides is 1. The number of nitrogens with two attached hydrogens (primary N) is 1. The van der Waals surface area contributed by atoms with Crippen molar-refractivity contribution in [1.29, 1.82) is 0 Å².